The van der Waals surface area contributed by atoms with E-state index in [9.17, 15) is 4.79 Å². The lowest BCUT2D eigenvalue weighted by atomic mass is 10.1. The second kappa shape index (κ2) is 8.14. The molecule has 7 heteroatoms. The highest BCUT2D eigenvalue weighted by Gasteiger charge is 2.14. The summed E-state index contributed by atoms with van der Waals surface area (Å²) in [7, 11) is 1.85. The summed E-state index contributed by atoms with van der Waals surface area (Å²) in [6, 6.07) is 21.5. The standard InChI is InChI=1S/C21H18N4O2S/c1-25-20(18-8-5-13-27-18)23-24-21(25)28-14-19(26)22-17-11-9-16(10-12-17)15-6-3-2-4-7-15/h2-13H,14H2,1H3,(H,22,26). The summed E-state index contributed by atoms with van der Waals surface area (Å²) in [5.74, 6) is 1.42. The van der Waals surface area contributed by atoms with E-state index in [1.807, 2.05) is 60.1 Å². The second-order valence-corrected chi connectivity index (χ2v) is 7.07. The Morgan fingerprint density at radius 2 is 1.75 bits per heavy atom. The molecule has 0 saturated heterocycles. The molecule has 4 aromatic rings. The number of thioether (sulfide) groups is 1. The monoisotopic (exact) mass is 390 g/mol. The molecule has 0 spiro atoms. The molecule has 1 N–H and O–H groups in total. The number of furan rings is 1. The molecule has 28 heavy (non-hydrogen) atoms. The largest absolute Gasteiger partial charge is 0.461 e. The van der Waals surface area contributed by atoms with Crippen LogP contribution in [0.5, 0.6) is 0 Å². The summed E-state index contributed by atoms with van der Waals surface area (Å²) in [5, 5.41) is 11.8. The van der Waals surface area contributed by atoms with Crippen molar-refractivity contribution in [3.63, 3.8) is 0 Å². The normalized spacial score (nSPS) is 10.8. The quantitative estimate of drug-likeness (QED) is 0.492. The highest BCUT2D eigenvalue weighted by Crippen LogP contribution is 2.24. The Bertz CT molecular complexity index is 1060. The van der Waals surface area contributed by atoms with Crippen molar-refractivity contribution in [2.24, 2.45) is 7.05 Å². The zero-order valence-corrected chi connectivity index (χ0v) is 16.0. The average Bonchev–Trinajstić information content (AvgIpc) is 3.37. The first-order chi connectivity index (χ1) is 13.7. The Kier molecular flexibility index (Phi) is 5.25. The first kappa shape index (κ1) is 18.1. The van der Waals surface area contributed by atoms with E-state index < -0.39 is 0 Å². The molecule has 0 aliphatic carbocycles. The third kappa shape index (κ3) is 3.99. The molecular formula is C21H18N4O2S. The Morgan fingerprint density at radius 3 is 2.46 bits per heavy atom. The first-order valence-corrected chi connectivity index (χ1v) is 9.70. The van der Waals surface area contributed by atoms with Gasteiger partial charge in [0.1, 0.15) is 0 Å². The molecule has 2 aromatic carbocycles. The van der Waals surface area contributed by atoms with Crippen molar-refractivity contribution in [1.82, 2.24) is 14.8 Å². The van der Waals surface area contributed by atoms with Crippen molar-refractivity contribution in [3.8, 4) is 22.7 Å². The van der Waals surface area contributed by atoms with E-state index in [4.69, 9.17) is 4.42 Å². The van der Waals surface area contributed by atoms with Crippen molar-refractivity contribution in [2.45, 2.75) is 5.16 Å². The highest BCUT2D eigenvalue weighted by molar-refractivity contribution is 7.99. The van der Waals surface area contributed by atoms with Gasteiger partial charge in [0.05, 0.1) is 12.0 Å². The maximum Gasteiger partial charge on any atom is 0.234 e. The number of rotatable bonds is 6. The summed E-state index contributed by atoms with van der Waals surface area (Å²) in [6.07, 6.45) is 1.59. The number of nitrogens with one attached hydrogen (secondary N) is 1. The Labute approximate surface area is 166 Å². The van der Waals surface area contributed by atoms with Crippen LogP contribution < -0.4 is 5.32 Å². The maximum absolute atomic E-state index is 12.3. The molecule has 0 radical (unpaired) electrons. The van der Waals surface area contributed by atoms with Gasteiger partial charge in [0.25, 0.3) is 0 Å². The van der Waals surface area contributed by atoms with E-state index >= 15 is 0 Å². The number of amides is 1. The first-order valence-electron chi connectivity index (χ1n) is 8.72. The smallest absolute Gasteiger partial charge is 0.234 e. The van der Waals surface area contributed by atoms with Crippen molar-refractivity contribution >= 4 is 23.4 Å². The van der Waals surface area contributed by atoms with Gasteiger partial charge in [-0.05, 0) is 35.4 Å². The van der Waals surface area contributed by atoms with E-state index in [2.05, 4.69) is 27.6 Å². The van der Waals surface area contributed by atoms with Gasteiger partial charge in [-0.3, -0.25) is 4.79 Å². The summed E-state index contributed by atoms with van der Waals surface area (Å²) >= 11 is 1.33. The number of hydrogen-bond donors (Lipinski definition) is 1. The molecule has 140 valence electrons. The molecule has 0 fully saturated rings. The SMILES string of the molecule is Cn1c(SCC(=O)Nc2ccc(-c3ccccc3)cc2)nnc1-c1ccco1. The zero-order valence-electron chi connectivity index (χ0n) is 15.2. The maximum atomic E-state index is 12.3. The molecule has 0 aliphatic rings. The van der Waals surface area contributed by atoms with E-state index in [0.29, 0.717) is 16.7 Å². The number of nitrogens with zero attached hydrogens (tertiary/aromatic N) is 3. The van der Waals surface area contributed by atoms with Crippen LogP contribution in [-0.2, 0) is 11.8 Å². The molecule has 2 heterocycles. The Balaban J connectivity index is 1.35. The van der Waals surface area contributed by atoms with Crippen LogP contribution in [0, 0.1) is 0 Å². The average molecular weight is 390 g/mol. The number of carbonyl (C=O) groups excluding carboxylic acids is 1. The van der Waals surface area contributed by atoms with Crippen LogP contribution in [0.1, 0.15) is 0 Å². The molecule has 0 unspecified atom stereocenters. The Hall–Kier alpha value is -3.32. The van der Waals surface area contributed by atoms with E-state index in [-0.39, 0.29) is 11.7 Å². The lowest BCUT2D eigenvalue weighted by molar-refractivity contribution is -0.113. The molecule has 0 bridgehead atoms. The summed E-state index contributed by atoms with van der Waals surface area (Å²) in [5.41, 5.74) is 3.02. The van der Waals surface area contributed by atoms with Crippen LogP contribution in [-0.4, -0.2) is 26.4 Å². The van der Waals surface area contributed by atoms with Crippen LogP contribution in [0.2, 0.25) is 0 Å². The van der Waals surface area contributed by atoms with E-state index in [0.717, 1.165) is 16.8 Å². The minimum Gasteiger partial charge on any atom is -0.461 e. The van der Waals surface area contributed by atoms with Gasteiger partial charge in [0.15, 0.2) is 16.7 Å². The Morgan fingerprint density at radius 1 is 1.00 bits per heavy atom. The van der Waals surface area contributed by atoms with Crippen molar-refractivity contribution in [2.75, 3.05) is 11.1 Å². The molecule has 6 nitrogen and oxygen atoms in total. The number of benzene rings is 2. The van der Waals surface area contributed by atoms with Gasteiger partial charge >= 0.3 is 0 Å². The summed E-state index contributed by atoms with van der Waals surface area (Å²) < 4.78 is 7.16. The number of hydrogen-bond acceptors (Lipinski definition) is 5. The minimum absolute atomic E-state index is 0.0972. The lowest BCUT2D eigenvalue weighted by Gasteiger charge is -2.07. The third-order valence-corrected chi connectivity index (χ3v) is 5.20. The van der Waals surface area contributed by atoms with Gasteiger partial charge in [0, 0.05) is 12.7 Å². The van der Waals surface area contributed by atoms with Crippen LogP contribution >= 0.6 is 11.8 Å². The fraction of sp³-hybridized carbons (Fsp3) is 0.0952. The molecule has 1 amide bonds. The lowest BCUT2D eigenvalue weighted by Crippen LogP contribution is -2.14. The molecule has 2 aromatic heterocycles. The van der Waals surface area contributed by atoms with Crippen LogP contribution in [0.4, 0.5) is 5.69 Å². The topological polar surface area (TPSA) is 73.0 Å². The fourth-order valence-corrected chi connectivity index (χ4v) is 3.48. The van der Waals surface area contributed by atoms with Crippen LogP contribution in [0.25, 0.3) is 22.7 Å². The van der Waals surface area contributed by atoms with Crippen molar-refractivity contribution < 1.29 is 9.21 Å². The van der Waals surface area contributed by atoms with Crippen LogP contribution in [0.3, 0.4) is 0 Å². The van der Waals surface area contributed by atoms with Gasteiger partial charge in [-0.15, -0.1) is 10.2 Å². The fourth-order valence-electron chi connectivity index (χ4n) is 2.76. The zero-order chi connectivity index (χ0) is 19.3. The molecule has 4 rings (SSSR count). The molecule has 0 atom stereocenters. The van der Waals surface area contributed by atoms with E-state index in [1.165, 1.54) is 11.8 Å². The van der Waals surface area contributed by atoms with Gasteiger partial charge in [-0.25, -0.2) is 0 Å². The number of aromatic nitrogens is 3. The van der Waals surface area contributed by atoms with Gasteiger partial charge in [0.2, 0.25) is 5.91 Å². The van der Waals surface area contributed by atoms with Gasteiger partial charge in [-0.2, -0.15) is 0 Å². The molecule has 0 aliphatic heterocycles. The predicted molar refractivity (Wildman–Crippen MR) is 110 cm³/mol. The third-order valence-electron chi connectivity index (χ3n) is 4.18. The second-order valence-electron chi connectivity index (χ2n) is 6.12. The number of carbonyl (C=O) groups is 1. The highest BCUT2D eigenvalue weighted by atomic mass is 32.2. The molecule has 0 saturated carbocycles. The van der Waals surface area contributed by atoms with Crippen molar-refractivity contribution in [1.29, 1.82) is 0 Å². The summed E-state index contributed by atoms with van der Waals surface area (Å²) in [4.78, 5) is 12.3. The molecular weight excluding hydrogens is 372 g/mol. The van der Waals surface area contributed by atoms with Crippen LogP contribution in [0.15, 0.2) is 82.6 Å². The predicted octanol–water partition coefficient (Wildman–Crippen LogP) is 4.47. The number of anilines is 1. The minimum atomic E-state index is -0.0972. The van der Waals surface area contributed by atoms with Crippen molar-refractivity contribution in [3.05, 3.63) is 73.0 Å². The van der Waals surface area contributed by atoms with Gasteiger partial charge < -0.3 is 14.3 Å². The van der Waals surface area contributed by atoms with E-state index in [1.54, 1.807) is 12.3 Å². The van der Waals surface area contributed by atoms with Gasteiger partial charge in [-0.1, -0.05) is 54.2 Å². The summed E-state index contributed by atoms with van der Waals surface area (Å²) in [6.45, 7) is 0.